The van der Waals surface area contributed by atoms with Crippen LogP contribution < -0.4 is 5.32 Å². The van der Waals surface area contributed by atoms with Crippen LogP contribution in [-0.2, 0) is 9.53 Å². The third-order valence-corrected chi connectivity index (χ3v) is 2.93. The number of benzene rings is 1. The Morgan fingerprint density at radius 1 is 1.50 bits per heavy atom. The molecule has 1 rings (SSSR count). The molecule has 108 valence electrons. The largest absolute Gasteiger partial charge is 0.384 e. The zero-order chi connectivity index (χ0) is 15.0. The van der Waals surface area contributed by atoms with Crippen molar-refractivity contribution in [3.63, 3.8) is 0 Å². The van der Waals surface area contributed by atoms with Gasteiger partial charge in [0.1, 0.15) is 6.61 Å². The van der Waals surface area contributed by atoms with Crippen molar-refractivity contribution in [2.45, 2.75) is 32.8 Å². The minimum atomic E-state index is -0.202. The van der Waals surface area contributed by atoms with E-state index < -0.39 is 0 Å². The number of rotatable bonds is 5. The second-order valence-electron chi connectivity index (χ2n) is 4.64. The van der Waals surface area contributed by atoms with E-state index in [4.69, 9.17) is 9.84 Å². The van der Waals surface area contributed by atoms with Gasteiger partial charge in [0.25, 0.3) is 0 Å². The number of ether oxygens (including phenoxy) is 1. The Morgan fingerprint density at radius 3 is 2.90 bits per heavy atom. The monoisotopic (exact) mass is 275 g/mol. The highest BCUT2D eigenvalue weighted by molar-refractivity contribution is 5.92. The van der Waals surface area contributed by atoms with Gasteiger partial charge in [-0.3, -0.25) is 4.79 Å². The van der Waals surface area contributed by atoms with Gasteiger partial charge < -0.3 is 15.2 Å². The molecule has 20 heavy (non-hydrogen) atoms. The van der Waals surface area contributed by atoms with Gasteiger partial charge in [-0.25, -0.2) is 0 Å². The number of amides is 1. The van der Waals surface area contributed by atoms with Crippen molar-refractivity contribution >= 4 is 11.6 Å². The molecule has 1 atom stereocenters. The summed E-state index contributed by atoms with van der Waals surface area (Å²) in [5.41, 5.74) is 2.44. The minimum absolute atomic E-state index is 0.0624. The van der Waals surface area contributed by atoms with Crippen LogP contribution in [0.15, 0.2) is 18.2 Å². The first kappa shape index (κ1) is 16.2. The molecule has 0 aliphatic heterocycles. The van der Waals surface area contributed by atoms with Crippen LogP contribution in [0.5, 0.6) is 0 Å². The second kappa shape index (κ2) is 8.36. The maximum Gasteiger partial charge on any atom is 0.224 e. The van der Waals surface area contributed by atoms with Crippen molar-refractivity contribution in [3.05, 3.63) is 29.3 Å². The third kappa shape index (κ3) is 5.43. The summed E-state index contributed by atoms with van der Waals surface area (Å²) in [6.45, 7) is 3.68. The van der Waals surface area contributed by atoms with E-state index in [9.17, 15) is 4.79 Å². The summed E-state index contributed by atoms with van der Waals surface area (Å²) >= 11 is 0. The fraction of sp³-hybridized carbons (Fsp3) is 0.438. The van der Waals surface area contributed by atoms with Gasteiger partial charge in [0.2, 0.25) is 5.91 Å². The number of methoxy groups -OCH3 is 1. The quantitative estimate of drug-likeness (QED) is 0.809. The number of carbonyl (C=O) groups is 1. The van der Waals surface area contributed by atoms with Crippen LogP contribution in [0.3, 0.4) is 0 Å². The molecule has 1 unspecified atom stereocenters. The molecular formula is C16H21NO3. The number of aryl methyl sites for hydroxylation is 1. The van der Waals surface area contributed by atoms with Crippen LogP contribution in [0.1, 0.15) is 30.9 Å². The predicted octanol–water partition coefficient (Wildman–Crippen LogP) is 2.09. The Bertz CT molecular complexity index is 514. The van der Waals surface area contributed by atoms with Crippen molar-refractivity contribution in [1.29, 1.82) is 0 Å². The van der Waals surface area contributed by atoms with E-state index in [2.05, 4.69) is 17.2 Å². The summed E-state index contributed by atoms with van der Waals surface area (Å²) in [6.07, 6.45) is 1.13. The molecule has 2 N–H and O–H groups in total. The number of hydrogen-bond donors (Lipinski definition) is 2. The van der Waals surface area contributed by atoms with Crippen LogP contribution in [0.25, 0.3) is 0 Å². The predicted molar refractivity (Wildman–Crippen MR) is 79.5 cm³/mol. The highest BCUT2D eigenvalue weighted by Crippen LogP contribution is 2.17. The topological polar surface area (TPSA) is 58.6 Å². The van der Waals surface area contributed by atoms with Crippen molar-refractivity contribution in [1.82, 2.24) is 0 Å². The van der Waals surface area contributed by atoms with Gasteiger partial charge in [-0.1, -0.05) is 17.9 Å². The Labute approximate surface area is 120 Å². The molecule has 1 aromatic carbocycles. The zero-order valence-corrected chi connectivity index (χ0v) is 12.2. The standard InChI is InChI=1S/C16H21NO3/c1-12-6-8-15(14(11-12)5-4-10-18)17-16(19)9-7-13(2)20-3/h6,8,11,13,18H,7,9-10H2,1-3H3,(H,17,19). The molecule has 0 aliphatic carbocycles. The van der Waals surface area contributed by atoms with Gasteiger partial charge in [0.15, 0.2) is 0 Å². The molecule has 0 saturated carbocycles. The van der Waals surface area contributed by atoms with Crippen molar-refractivity contribution in [3.8, 4) is 11.8 Å². The Hall–Kier alpha value is -1.83. The third-order valence-electron chi connectivity index (χ3n) is 2.93. The van der Waals surface area contributed by atoms with E-state index in [-0.39, 0.29) is 18.6 Å². The molecule has 0 bridgehead atoms. The number of hydrogen-bond acceptors (Lipinski definition) is 3. The Morgan fingerprint density at radius 2 is 2.25 bits per heavy atom. The van der Waals surface area contributed by atoms with Gasteiger partial charge >= 0.3 is 0 Å². The molecule has 0 radical (unpaired) electrons. The van der Waals surface area contributed by atoms with Gasteiger partial charge in [0.05, 0.1) is 11.8 Å². The highest BCUT2D eigenvalue weighted by Gasteiger charge is 2.08. The first-order valence-corrected chi connectivity index (χ1v) is 6.60. The summed E-state index contributed by atoms with van der Waals surface area (Å²) in [5, 5.41) is 11.6. The van der Waals surface area contributed by atoms with E-state index in [1.54, 1.807) is 7.11 Å². The summed E-state index contributed by atoms with van der Waals surface area (Å²) in [5.74, 6) is 5.38. The first-order chi connectivity index (χ1) is 9.56. The Kier molecular flexibility index (Phi) is 6.78. The molecule has 0 saturated heterocycles. The van der Waals surface area contributed by atoms with E-state index >= 15 is 0 Å². The normalized spacial score (nSPS) is 11.4. The number of nitrogens with one attached hydrogen (secondary N) is 1. The number of anilines is 1. The van der Waals surface area contributed by atoms with Crippen molar-refractivity contribution in [2.24, 2.45) is 0 Å². The van der Waals surface area contributed by atoms with E-state index in [0.717, 1.165) is 5.56 Å². The average Bonchev–Trinajstić information content (AvgIpc) is 2.44. The molecule has 0 aliphatic rings. The molecular weight excluding hydrogens is 254 g/mol. The van der Waals surface area contributed by atoms with Crippen LogP contribution in [0.2, 0.25) is 0 Å². The fourth-order valence-electron chi connectivity index (χ4n) is 1.67. The second-order valence-corrected chi connectivity index (χ2v) is 4.64. The van der Waals surface area contributed by atoms with Crippen molar-refractivity contribution < 1.29 is 14.6 Å². The van der Waals surface area contributed by atoms with Crippen molar-refractivity contribution in [2.75, 3.05) is 19.0 Å². The first-order valence-electron chi connectivity index (χ1n) is 6.60. The lowest BCUT2D eigenvalue weighted by Crippen LogP contribution is -2.15. The lowest BCUT2D eigenvalue weighted by molar-refractivity contribution is -0.116. The van der Waals surface area contributed by atoms with Gasteiger partial charge in [-0.05, 0) is 38.0 Å². The van der Waals surface area contributed by atoms with E-state index in [1.165, 1.54) is 0 Å². The summed E-state index contributed by atoms with van der Waals surface area (Å²) in [6, 6.07) is 5.63. The Balaban J connectivity index is 2.73. The molecule has 1 amide bonds. The maximum atomic E-state index is 11.9. The molecule has 0 aromatic heterocycles. The summed E-state index contributed by atoms with van der Waals surface area (Å²) in [7, 11) is 1.63. The maximum absolute atomic E-state index is 11.9. The van der Waals surface area contributed by atoms with Gasteiger partial charge in [0, 0.05) is 19.1 Å². The van der Waals surface area contributed by atoms with E-state index in [0.29, 0.717) is 24.1 Å². The summed E-state index contributed by atoms with van der Waals surface area (Å²) in [4.78, 5) is 11.9. The van der Waals surface area contributed by atoms with Crippen LogP contribution in [0.4, 0.5) is 5.69 Å². The number of aliphatic hydroxyl groups excluding tert-OH is 1. The van der Waals surface area contributed by atoms with Crippen LogP contribution in [-0.4, -0.2) is 30.8 Å². The highest BCUT2D eigenvalue weighted by atomic mass is 16.5. The molecule has 4 nitrogen and oxygen atoms in total. The molecule has 0 fully saturated rings. The van der Waals surface area contributed by atoms with Gasteiger partial charge in [-0.2, -0.15) is 0 Å². The van der Waals surface area contributed by atoms with E-state index in [1.807, 2.05) is 32.0 Å². The number of aliphatic hydroxyl groups is 1. The molecule has 1 aromatic rings. The average molecular weight is 275 g/mol. The lowest BCUT2D eigenvalue weighted by atomic mass is 10.1. The SMILES string of the molecule is COC(C)CCC(=O)Nc1ccc(C)cc1C#CCO. The molecule has 0 spiro atoms. The fourth-order valence-corrected chi connectivity index (χ4v) is 1.67. The summed E-state index contributed by atoms with van der Waals surface area (Å²) < 4.78 is 5.11. The number of carbonyl (C=O) groups excluding carboxylic acids is 1. The molecule has 4 heteroatoms. The lowest BCUT2D eigenvalue weighted by Gasteiger charge is -2.11. The minimum Gasteiger partial charge on any atom is -0.384 e. The van der Waals surface area contributed by atoms with Crippen LogP contribution >= 0.6 is 0 Å². The molecule has 0 heterocycles. The zero-order valence-electron chi connectivity index (χ0n) is 12.2. The van der Waals surface area contributed by atoms with Gasteiger partial charge in [-0.15, -0.1) is 0 Å². The smallest absolute Gasteiger partial charge is 0.224 e. The van der Waals surface area contributed by atoms with Crippen LogP contribution in [0, 0.1) is 18.8 Å².